The van der Waals surface area contributed by atoms with Crippen molar-refractivity contribution >= 4 is 34.8 Å². The first-order valence-corrected chi connectivity index (χ1v) is 10.8. The Morgan fingerprint density at radius 3 is 2.41 bits per heavy atom. The van der Waals surface area contributed by atoms with Gasteiger partial charge in [-0.3, -0.25) is 19.7 Å². The maximum atomic E-state index is 12.8. The van der Waals surface area contributed by atoms with Crippen LogP contribution in [0.5, 0.6) is 0 Å². The molecule has 0 radical (unpaired) electrons. The van der Waals surface area contributed by atoms with E-state index in [0.29, 0.717) is 43.4 Å². The lowest BCUT2D eigenvalue weighted by molar-refractivity contribution is -0.384. The number of nitrogens with zero attached hydrogens (tertiary/aromatic N) is 3. The maximum Gasteiger partial charge on any atom is 0.293 e. The summed E-state index contributed by atoms with van der Waals surface area (Å²) in [6.45, 7) is 7.85. The van der Waals surface area contributed by atoms with Crippen LogP contribution in [-0.2, 0) is 10.2 Å². The Hall–Kier alpha value is -3.13. The lowest BCUT2D eigenvalue weighted by Gasteiger charge is -2.35. The zero-order chi connectivity index (χ0) is 23.5. The molecule has 1 aliphatic rings. The number of nitrogens with one attached hydrogen (secondary N) is 1. The second-order valence-electron chi connectivity index (χ2n) is 8.53. The van der Waals surface area contributed by atoms with Crippen LogP contribution < -0.4 is 10.2 Å². The van der Waals surface area contributed by atoms with Crippen LogP contribution >= 0.6 is 11.6 Å². The number of carbonyl (C=O) groups excluding carboxylic acids is 2. The van der Waals surface area contributed by atoms with Crippen molar-refractivity contribution in [3.63, 3.8) is 0 Å². The van der Waals surface area contributed by atoms with E-state index in [4.69, 9.17) is 11.6 Å². The molecule has 1 aliphatic heterocycles. The van der Waals surface area contributed by atoms with Gasteiger partial charge in [0.15, 0.2) is 0 Å². The second-order valence-corrected chi connectivity index (χ2v) is 8.97. The average Bonchev–Trinajstić information content (AvgIpc) is 2.77. The molecule has 3 rings (SSSR count). The van der Waals surface area contributed by atoms with E-state index in [1.165, 1.54) is 13.0 Å². The molecule has 32 heavy (non-hydrogen) atoms. The number of rotatable bonds is 6. The van der Waals surface area contributed by atoms with Gasteiger partial charge in [-0.15, -0.1) is 0 Å². The molecular formula is C23H27ClN4O4. The molecule has 2 amide bonds. The normalized spacial score (nSPS) is 14.2. The fourth-order valence-corrected chi connectivity index (χ4v) is 3.95. The number of amides is 2. The van der Waals surface area contributed by atoms with Crippen molar-refractivity contribution in [1.82, 2.24) is 10.2 Å². The summed E-state index contributed by atoms with van der Waals surface area (Å²) in [4.78, 5) is 39.1. The smallest absolute Gasteiger partial charge is 0.293 e. The lowest BCUT2D eigenvalue weighted by atomic mass is 9.84. The number of hydrogen-bond donors (Lipinski definition) is 1. The summed E-state index contributed by atoms with van der Waals surface area (Å²) in [5.74, 6) is -0.386. The summed E-state index contributed by atoms with van der Waals surface area (Å²) in [5.41, 5.74) is 1.17. The van der Waals surface area contributed by atoms with Gasteiger partial charge in [0.25, 0.3) is 11.6 Å². The summed E-state index contributed by atoms with van der Waals surface area (Å²) in [6.07, 6.45) is 0. The molecular weight excluding hydrogens is 432 g/mol. The van der Waals surface area contributed by atoms with Gasteiger partial charge in [-0.05, 0) is 29.8 Å². The Labute approximate surface area is 192 Å². The third-order valence-electron chi connectivity index (χ3n) is 5.80. The summed E-state index contributed by atoms with van der Waals surface area (Å²) in [6, 6.07) is 12.0. The van der Waals surface area contributed by atoms with Crippen LogP contribution in [0.25, 0.3) is 0 Å². The van der Waals surface area contributed by atoms with Crippen molar-refractivity contribution in [1.29, 1.82) is 0 Å². The third-order valence-corrected chi connectivity index (χ3v) is 6.03. The van der Waals surface area contributed by atoms with Gasteiger partial charge < -0.3 is 15.1 Å². The molecule has 1 saturated heterocycles. The fraction of sp³-hybridized carbons (Fsp3) is 0.391. The molecule has 8 nitrogen and oxygen atoms in total. The molecule has 1 N–H and O–H groups in total. The minimum absolute atomic E-state index is 0.00753. The van der Waals surface area contributed by atoms with Crippen LogP contribution in [0.2, 0.25) is 5.02 Å². The number of hydrogen-bond acceptors (Lipinski definition) is 5. The van der Waals surface area contributed by atoms with Crippen molar-refractivity contribution in [3.8, 4) is 0 Å². The van der Waals surface area contributed by atoms with Gasteiger partial charge in [0.1, 0.15) is 5.69 Å². The van der Waals surface area contributed by atoms with Gasteiger partial charge in [0.05, 0.1) is 4.92 Å². The SMILES string of the molecule is CC(=O)N1CCN(c2ccc(C(=O)NCC(C)(C)c3cccc(Cl)c3)cc2[N+](=O)[O-])CC1. The highest BCUT2D eigenvalue weighted by atomic mass is 35.5. The summed E-state index contributed by atoms with van der Waals surface area (Å²) < 4.78 is 0. The van der Waals surface area contributed by atoms with E-state index in [-0.39, 0.29) is 28.5 Å². The molecule has 2 aromatic rings. The Kier molecular flexibility index (Phi) is 7.03. The van der Waals surface area contributed by atoms with Gasteiger partial charge in [0.2, 0.25) is 5.91 Å². The third kappa shape index (κ3) is 5.37. The van der Waals surface area contributed by atoms with Crippen LogP contribution in [0, 0.1) is 10.1 Å². The Morgan fingerprint density at radius 1 is 1.12 bits per heavy atom. The largest absolute Gasteiger partial charge is 0.362 e. The van der Waals surface area contributed by atoms with Crippen molar-refractivity contribution in [2.24, 2.45) is 0 Å². The highest BCUT2D eigenvalue weighted by molar-refractivity contribution is 6.30. The lowest BCUT2D eigenvalue weighted by Crippen LogP contribution is -2.48. The van der Waals surface area contributed by atoms with E-state index in [1.807, 2.05) is 36.9 Å². The molecule has 1 fully saturated rings. The van der Waals surface area contributed by atoms with E-state index in [9.17, 15) is 19.7 Å². The Balaban J connectivity index is 1.73. The number of halogens is 1. The molecule has 0 aliphatic carbocycles. The first kappa shape index (κ1) is 23.5. The van der Waals surface area contributed by atoms with Crippen LogP contribution in [0.1, 0.15) is 36.7 Å². The molecule has 9 heteroatoms. The van der Waals surface area contributed by atoms with Gasteiger partial charge in [0, 0.05) is 61.7 Å². The fourth-order valence-electron chi connectivity index (χ4n) is 3.76. The Morgan fingerprint density at radius 2 is 1.81 bits per heavy atom. The summed E-state index contributed by atoms with van der Waals surface area (Å²) in [5, 5.41) is 15.2. The number of benzene rings is 2. The number of piperazine rings is 1. The van der Waals surface area contributed by atoms with E-state index >= 15 is 0 Å². The average molecular weight is 459 g/mol. The minimum Gasteiger partial charge on any atom is -0.362 e. The highest BCUT2D eigenvalue weighted by Crippen LogP contribution is 2.30. The molecule has 1 heterocycles. The summed E-state index contributed by atoms with van der Waals surface area (Å²) in [7, 11) is 0. The molecule has 170 valence electrons. The van der Waals surface area contributed by atoms with Crippen molar-refractivity contribution in [3.05, 3.63) is 68.7 Å². The van der Waals surface area contributed by atoms with E-state index < -0.39 is 4.92 Å². The van der Waals surface area contributed by atoms with Crippen LogP contribution in [0.15, 0.2) is 42.5 Å². The standard InChI is InChI=1S/C23H27ClN4O4/c1-16(29)26-9-11-27(12-10-26)20-8-7-17(13-21(20)28(31)32)22(30)25-15-23(2,3)18-5-4-6-19(24)14-18/h4-8,13-14H,9-12,15H2,1-3H3,(H,25,30). The number of nitro groups is 1. The van der Waals surface area contributed by atoms with Crippen LogP contribution in [0.4, 0.5) is 11.4 Å². The molecule has 0 atom stereocenters. The first-order chi connectivity index (χ1) is 15.1. The molecule has 0 saturated carbocycles. The van der Waals surface area contributed by atoms with E-state index in [0.717, 1.165) is 5.56 Å². The zero-order valence-electron chi connectivity index (χ0n) is 18.4. The predicted molar refractivity (Wildman–Crippen MR) is 124 cm³/mol. The maximum absolute atomic E-state index is 12.8. The summed E-state index contributed by atoms with van der Waals surface area (Å²) >= 11 is 6.08. The van der Waals surface area contributed by atoms with Gasteiger partial charge in [-0.25, -0.2) is 0 Å². The van der Waals surface area contributed by atoms with E-state index in [2.05, 4.69) is 5.32 Å². The number of nitro benzene ring substituents is 1. The molecule has 0 spiro atoms. The topological polar surface area (TPSA) is 95.8 Å². The predicted octanol–water partition coefficient (Wildman–Crippen LogP) is 3.62. The van der Waals surface area contributed by atoms with E-state index in [1.54, 1.807) is 23.1 Å². The number of carbonyl (C=O) groups is 2. The van der Waals surface area contributed by atoms with Gasteiger partial charge in [-0.2, -0.15) is 0 Å². The first-order valence-electron chi connectivity index (χ1n) is 10.4. The van der Waals surface area contributed by atoms with Crippen LogP contribution in [-0.4, -0.2) is 54.4 Å². The molecule has 0 bridgehead atoms. The van der Waals surface area contributed by atoms with Gasteiger partial charge in [-0.1, -0.05) is 37.6 Å². The van der Waals surface area contributed by atoms with Gasteiger partial charge >= 0.3 is 0 Å². The minimum atomic E-state index is -0.473. The second kappa shape index (κ2) is 9.56. The Bertz CT molecular complexity index is 1030. The van der Waals surface area contributed by atoms with Crippen molar-refractivity contribution < 1.29 is 14.5 Å². The van der Waals surface area contributed by atoms with Crippen molar-refractivity contribution in [2.45, 2.75) is 26.2 Å². The number of anilines is 1. The molecule has 0 aromatic heterocycles. The molecule has 2 aromatic carbocycles. The quantitative estimate of drug-likeness (QED) is 0.526. The molecule has 0 unspecified atom stereocenters. The zero-order valence-corrected chi connectivity index (χ0v) is 19.2. The van der Waals surface area contributed by atoms with Crippen LogP contribution in [0.3, 0.4) is 0 Å². The van der Waals surface area contributed by atoms with Crippen molar-refractivity contribution in [2.75, 3.05) is 37.6 Å². The highest BCUT2D eigenvalue weighted by Gasteiger charge is 2.27. The monoisotopic (exact) mass is 458 g/mol.